The minimum Gasteiger partial charge on any atom is -0.391 e. The molecule has 2 saturated heterocycles. The zero-order chi connectivity index (χ0) is 10.9. The summed E-state index contributed by atoms with van der Waals surface area (Å²) in [5.74, 6) is 0.0544. The number of ether oxygens (including phenoxy) is 1. The number of β-amino-alcohol motifs (C(OH)–C–C–N with tert-alkyl or cyclic N) is 1. The molecule has 4 nitrogen and oxygen atoms in total. The number of amides is 1. The molecule has 0 spiro atoms. The van der Waals surface area contributed by atoms with Crippen molar-refractivity contribution < 1.29 is 14.6 Å². The van der Waals surface area contributed by atoms with Crippen LogP contribution in [-0.4, -0.2) is 47.3 Å². The fourth-order valence-corrected chi connectivity index (χ4v) is 2.42. The van der Waals surface area contributed by atoms with Crippen LogP contribution >= 0.6 is 0 Å². The molecule has 1 amide bonds. The average Bonchev–Trinajstić information content (AvgIpc) is 2.65. The predicted octanol–water partition coefficient (Wildman–Crippen LogP) is 0.539. The fourth-order valence-electron chi connectivity index (χ4n) is 2.42. The van der Waals surface area contributed by atoms with Gasteiger partial charge >= 0.3 is 0 Å². The van der Waals surface area contributed by atoms with E-state index in [1.165, 1.54) is 0 Å². The summed E-state index contributed by atoms with van der Waals surface area (Å²) in [6.45, 7) is 3.77. The van der Waals surface area contributed by atoms with Gasteiger partial charge in [0.05, 0.1) is 6.10 Å². The van der Waals surface area contributed by atoms with Crippen molar-refractivity contribution in [2.75, 3.05) is 19.7 Å². The molecule has 1 N–H and O–H groups in total. The van der Waals surface area contributed by atoms with E-state index in [4.69, 9.17) is 4.74 Å². The third kappa shape index (κ3) is 2.16. The van der Waals surface area contributed by atoms with Gasteiger partial charge in [-0.25, -0.2) is 0 Å². The van der Waals surface area contributed by atoms with Crippen LogP contribution in [0.25, 0.3) is 0 Å². The lowest BCUT2D eigenvalue weighted by molar-refractivity contribution is -0.154. The molecule has 2 unspecified atom stereocenters. The molecule has 0 aliphatic carbocycles. The van der Waals surface area contributed by atoms with Crippen molar-refractivity contribution in [3.05, 3.63) is 0 Å². The van der Waals surface area contributed by atoms with Crippen molar-refractivity contribution in [3.8, 4) is 0 Å². The van der Waals surface area contributed by atoms with Crippen LogP contribution in [0, 0.1) is 0 Å². The van der Waals surface area contributed by atoms with E-state index >= 15 is 0 Å². The first kappa shape index (κ1) is 10.9. The van der Waals surface area contributed by atoms with E-state index in [1.807, 2.05) is 6.92 Å². The zero-order valence-electron chi connectivity index (χ0n) is 9.24. The van der Waals surface area contributed by atoms with Crippen molar-refractivity contribution in [3.63, 3.8) is 0 Å². The highest BCUT2D eigenvalue weighted by Crippen LogP contribution is 2.28. The molecule has 2 aliphatic rings. The molecule has 0 saturated carbocycles. The minimum atomic E-state index is -0.628. The second-order valence-electron chi connectivity index (χ2n) is 4.73. The number of carbonyl (C=O) groups is 1. The van der Waals surface area contributed by atoms with Gasteiger partial charge in [-0.1, -0.05) is 0 Å². The lowest BCUT2D eigenvalue weighted by Crippen LogP contribution is -2.51. The van der Waals surface area contributed by atoms with Crippen LogP contribution in [0.5, 0.6) is 0 Å². The monoisotopic (exact) mass is 213 g/mol. The first-order valence-corrected chi connectivity index (χ1v) is 5.73. The third-order valence-electron chi connectivity index (χ3n) is 3.35. The zero-order valence-corrected chi connectivity index (χ0v) is 9.24. The van der Waals surface area contributed by atoms with Gasteiger partial charge in [-0.2, -0.15) is 0 Å². The number of aliphatic hydroxyl groups is 1. The molecule has 2 rings (SSSR count). The van der Waals surface area contributed by atoms with E-state index in [1.54, 1.807) is 4.90 Å². The Morgan fingerprint density at radius 2 is 2.33 bits per heavy atom. The number of hydrogen-bond acceptors (Lipinski definition) is 3. The van der Waals surface area contributed by atoms with Crippen LogP contribution in [-0.2, 0) is 9.53 Å². The molecule has 2 aliphatic heterocycles. The summed E-state index contributed by atoms with van der Waals surface area (Å²) in [4.78, 5) is 13.9. The molecule has 0 aromatic heterocycles. The number of hydrogen-bond donors (Lipinski definition) is 1. The quantitative estimate of drug-likeness (QED) is 0.691. The predicted molar refractivity (Wildman–Crippen MR) is 55.4 cm³/mol. The van der Waals surface area contributed by atoms with Crippen LogP contribution < -0.4 is 0 Å². The first-order valence-electron chi connectivity index (χ1n) is 5.73. The van der Waals surface area contributed by atoms with E-state index in [9.17, 15) is 9.90 Å². The van der Waals surface area contributed by atoms with Crippen molar-refractivity contribution in [1.29, 1.82) is 0 Å². The lowest BCUT2D eigenvalue weighted by Gasteiger charge is -2.35. The van der Waals surface area contributed by atoms with Gasteiger partial charge in [0.25, 0.3) is 5.91 Å². The Balaban J connectivity index is 2.00. The smallest absolute Gasteiger partial charge is 0.254 e. The summed E-state index contributed by atoms with van der Waals surface area (Å²) in [7, 11) is 0. The Hall–Kier alpha value is -0.610. The van der Waals surface area contributed by atoms with E-state index in [2.05, 4.69) is 0 Å². The second-order valence-corrected chi connectivity index (χ2v) is 4.73. The maximum atomic E-state index is 12.2. The largest absolute Gasteiger partial charge is 0.391 e. The van der Waals surface area contributed by atoms with Gasteiger partial charge in [0.15, 0.2) is 0 Å². The number of nitrogens with zero attached hydrogens (tertiary/aromatic N) is 1. The normalized spacial score (nSPS) is 36.9. The Labute approximate surface area is 90.2 Å². The molecular formula is C11H19NO3. The minimum absolute atomic E-state index is 0.0544. The molecule has 15 heavy (non-hydrogen) atoms. The molecule has 2 atom stereocenters. The highest BCUT2D eigenvalue weighted by Gasteiger charge is 2.41. The lowest BCUT2D eigenvalue weighted by atomic mass is 9.99. The average molecular weight is 213 g/mol. The standard InChI is InChI=1S/C11H19NO3/c1-11(5-3-7-15-11)10(14)12-6-2-4-9(13)8-12/h9,13H,2-8H2,1H3. The van der Waals surface area contributed by atoms with Crippen LogP contribution in [0.4, 0.5) is 0 Å². The van der Waals surface area contributed by atoms with Crippen LogP contribution in [0.15, 0.2) is 0 Å². The van der Waals surface area contributed by atoms with Gasteiger partial charge in [-0.05, 0) is 32.6 Å². The maximum Gasteiger partial charge on any atom is 0.254 e. The molecule has 0 aromatic rings. The van der Waals surface area contributed by atoms with Crippen molar-refractivity contribution in [2.45, 2.75) is 44.3 Å². The Kier molecular flexibility index (Phi) is 2.98. The van der Waals surface area contributed by atoms with Crippen LogP contribution in [0.1, 0.15) is 32.6 Å². The molecule has 0 bridgehead atoms. The van der Waals surface area contributed by atoms with Crippen molar-refractivity contribution in [1.82, 2.24) is 4.90 Å². The van der Waals surface area contributed by atoms with Gasteiger partial charge in [0.2, 0.25) is 0 Å². The molecule has 2 heterocycles. The van der Waals surface area contributed by atoms with Gasteiger partial charge in [-0.15, -0.1) is 0 Å². The molecule has 0 aromatic carbocycles. The van der Waals surface area contributed by atoms with Gasteiger partial charge in [-0.3, -0.25) is 4.79 Å². The Morgan fingerprint density at radius 3 is 2.93 bits per heavy atom. The third-order valence-corrected chi connectivity index (χ3v) is 3.35. The summed E-state index contributed by atoms with van der Waals surface area (Å²) in [5, 5.41) is 9.52. The number of piperidine rings is 1. The summed E-state index contributed by atoms with van der Waals surface area (Å²) in [6, 6.07) is 0. The van der Waals surface area contributed by atoms with Gasteiger partial charge in [0.1, 0.15) is 5.60 Å². The SMILES string of the molecule is CC1(C(=O)N2CCCC(O)C2)CCCO1. The summed E-state index contributed by atoms with van der Waals surface area (Å²) >= 11 is 0. The molecule has 86 valence electrons. The van der Waals surface area contributed by atoms with Gasteiger partial charge in [0, 0.05) is 19.7 Å². The first-order chi connectivity index (χ1) is 7.12. The Morgan fingerprint density at radius 1 is 1.53 bits per heavy atom. The highest BCUT2D eigenvalue weighted by atomic mass is 16.5. The fraction of sp³-hybridized carbons (Fsp3) is 0.909. The van der Waals surface area contributed by atoms with Crippen LogP contribution in [0.3, 0.4) is 0 Å². The topological polar surface area (TPSA) is 49.8 Å². The van der Waals surface area contributed by atoms with E-state index in [0.29, 0.717) is 13.2 Å². The van der Waals surface area contributed by atoms with Crippen LogP contribution in [0.2, 0.25) is 0 Å². The molecular weight excluding hydrogens is 194 g/mol. The summed E-state index contributed by atoms with van der Waals surface area (Å²) in [6.07, 6.45) is 3.11. The number of carbonyl (C=O) groups excluding carboxylic acids is 1. The highest BCUT2D eigenvalue weighted by molar-refractivity contribution is 5.85. The van der Waals surface area contributed by atoms with Gasteiger partial charge < -0.3 is 14.7 Å². The molecule has 4 heteroatoms. The summed E-state index contributed by atoms with van der Waals surface area (Å²) in [5.41, 5.74) is -0.628. The maximum absolute atomic E-state index is 12.2. The van der Waals surface area contributed by atoms with E-state index < -0.39 is 5.60 Å². The number of rotatable bonds is 1. The summed E-state index contributed by atoms with van der Waals surface area (Å²) < 4.78 is 5.52. The molecule has 2 fully saturated rings. The Bertz CT molecular complexity index is 248. The number of likely N-dealkylation sites (tertiary alicyclic amines) is 1. The second kappa shape index (κ2) is 4.10. The van der Waals surface area contributed by atoms with Crippen molar-refractivity contribution >= 4 is 5.91 Å². The van der Waals surface area contributed by atoms with Crippen molar-refractivity contribution in [2.24, 2.45) is 0 Å². The molecule has 0 radical (unpaired) electrons. The number of aliphatic hydroxyl groups excluding tert-OH is 1. The van der Waals surface area contributed by atoms with E-state index in [-0.39, 0.29) is 12.0 Å². The van der Waals surface area contributed by atoms with E-state index in [0.717, 1.165) is 32.2 Å².